The summed E-state index contributed by atoms with van der Waals surface area (Å²) in [6, 6.07) is 0. The molecule has 1 aliphatic carbocycles. The van der Waals surface area contributed by atoms with Gasteiger partial charge in [-0.3, -0.25) is 0 Å². The van der Waals surface area contributed by atoms with Crippen molar-refractivity contribution in [3.8, 4) is 0 Å². The topological polar surface area (TPSA) is 29.5 Å². The van der Waals surface area contributed by atoms with Gasteiger partial charge in [0.1, 0.15) is 0 Å². The van der Waals surface area contributed by atoms with Gasteiger partial charge < -0.3 is 9.84 Å². The molecule has 0 aromatic heterocycles. The van der Waals surface area contributed by atoms with E-state index in [1.54, 1.807) is 0 Å². The molecule has 1 saturated carbocycles. The van der Waals surface area contributed by atoms with Crippen molar-refractivity contribution in [1.82, 2.24) is 0 Å². The second-order valence-corrected chi connectivity index (χ2v) is 4.79. The minimum absolute atomic E-state index is 0.132. The second-order valence-electron chi connectivity index (χ2n) is 4.79. The molecule has 0 unspecified atom stereocenters. The normalized spacial score (nSPS) is 51.5. The van der Waals surface area contributed by atoms with E-state index in [4.69, 9.17) is 4.74 Å². The van der Waals surface area contributed by atoms with Gasteiger partial charge in [0.2, 0.25) is 0 Å². The fraction of sp³-hybridized carbons (Fsp3) is 1.00. The highest BCUT2D eigenvalue weighted by molar-refractivity contribution is 4.89. The maximum absolute atomic E-state index is 9.81. The Morgan fingerprint density at radius 1 is 1.23 bits per heavy atom. The molecule has 1 heterocycles. The zero-order chi connectivity index (χ0) is 9.42. The van der Waals surface area contributed by atoms with Crippen LogP contribution in [0.1, 0.15) is 39.5 Å². The lowest BCUT2D eigenvalue weighted by Crippen LogP contribution is -2.48. The molecular weight excluding hydrogens is 164 g/mol. The molecule has 1 N–H and O–H groups in total. The molecule has 1 aliphatic heterocycles. The summed E-state index contributed by atoms with van der Waals surface area (Å²) in [7, 11) is 0. The Bertz CT molecular complexity index is 181. The molecule has 0 spiro atoms. The largest absolute Gasteiger partial charge is 0.390 e. The van der Waals surface area contributed by atoms with Crippen LogP contribution >= 0.6 is 0 Å². The molecular formula is C11H20O2. The molecule has 0 amide bonds. The van der Waals surface area contributed by atoms with Gasteiger partial charge in [-0.1, -0.05) is 13.3 Å². The quantitative estimate of drug-likeness (QED) is 0.623. The zero-order valence-corrected chi connectivity index (χ0v) is 8.57. The number of aliphatic hydroxyl groups is 1. The molecule has 2 aliphatic rings. The first-order valence-corrected chi connectivity index (χ1v) is 5.52. The number of ether oxygens (including phenoxy) is 1. The SMILES string of the molecule is C[C@@H]1C[C@H](C)[C@@H]2CCC[C@H](O)[C@H]2O1. The predicted octanol–water partition coefficient (Wildman–Crippen LogP) is 1.96. The van der Waals surface area contributed by atoms with Gasteiger partial charge in [-0.25, -0.2) is 0 Å². The van der Waals surface area contributed by atoms with Crippen molar-refractivity contribution in [3.63, 3.8) is 0 Å². The Hall–Kier alpha value is -0.0800. The maximum Gasteiger partial charge on any atom is 0.0868 e. The maximum atomic E-state index is 9.81. The lowest BCUT2D eigenvalue weighted by Gasteiger charge is -2.44. The first-order chi connectivity index (χ1) is 6.18. The third-order valence-electron chi connectivity index (χ3n) is 3.66. The molecule has 0 aromatic carbocycles. The lowest BCUT2D eigenvalue weighted by atomic mass is 9.73. The highest BCUT2D eigenvalue weighted by Crippen LogP contribution is 2.39. The van der Waals surface area contributed by atoms with Crippen LogP contribution in [-0.4, -0.2) is 23.4 Å². The van der Waals surface area contributed by atoms with Gasteiger partial charge in [0.15, 0.2) is 0 Å². The summed E-state index contributed by atoms with van der Waals surface area (Å²) < 4.78 is 5.82. The van der Waals surface area contributed by atoms with Crippen molar-refractivity contribution < 1.29 is 9.84 Å². The monoisotopic (exact) mass is 184 g/mol. The van der Waals surface area contributed by atoms with Crippen LogP contribution in [0.25, 0.3) is 0 Å². The Labute approximate surface area is 80.3 Å². The van der Waals surface area contributed by atoms with Gasteiger partial charge in [0, 0.05) is 0 Å². The van der Waals surface area contributed by atoms with E-state index in [-0.39, 0.29) is 12.2 Å². The van der Waals surface area contributed by atoms with E-state index in [1.165, 1.54) is 12.8 Å². The van der Waals surface area contributed by atoms with Crippen LogP contribution < -0.4 is 0 Å². The third-order valence-corrected chi connectivity index (χ3v) is 3.66. The van der Waals surface area contributed by atoms with Crippen molar-refractivity contribution in [2.24, 2.45) is 11.8 Å². The molecule has 5 atom stereocenters. The molecule has 76 valence electrons. The minimum Gasteiger partial charge on any atom is -0.390 e. The van der Waals surface area contributed by atoms with E-state index in [0.29, 0.717) is 12.0 Å². The van der Waals surface area contributed by atoms with Gasteiger partial charge in [0.25, 0.3) is 0 Å². The van der Waals surface area contributed by atoms with Crippen LogP contribution in [0.3, 0.4) is 0 Å². The number of fused-ring (bicyclic) bond motifs is 1. The van der Waals surface area contributed by atoms with Crippen LogP contribution in [0, 0.1) is 11.8 Å². The standard InChI is InChI=1S/C11H20O2/c1-7-6-8(2)13-11-9(7)4-3-5-10(11)12/h7-12H,3-6H2,1-2H3/t7-,8+,9-,10-,11-/m0/s1. The average molecular weight is 184 g/mol. The molecule has 0 bridgehead atoms. The van der Waals surface area contributed by atoms with E-state index in [1.807, 2.05) is 0 Å². The minimum atomic E-state index is -0.205. The van der Waals surface area contributed by atoms with Crippen molar-refractivity contribution in [3.05, 3.63) is 0 Å². The van der Waals surface area contributed by atoms with Crippen molar-refractivity contribution in [1.29, 1.82) is 0 Å². The van der Waals surface area contributed by atoms with Crippen LogP contribution in [0.5, 0.6) is 0 Å². The fourth-order valence-corrected chi connectivity index (χ4v) is 3.00. The number of hydrogen-bond donors (Lipinski definition) is 1. The van der Waals surface area contributed by atoms with Gasteiger partial charge in [-0.15, -0.1) is 0 Å². The Kier molecular flexibility index (Phi) is 2.61. The van der Waals surface area contributed by atoms with E-state index in [2.05, 4.69) is 13.8 Å². The van der Waals surface area contributed by atoms with Crippen LogP contribution in [0.2, 0.25) is 0 Å². The third kappa shape index (κ3) is 1.75. The van der Waals surface area contributed by atoms with E-state index < -0.39 is 0 Å². The number of aliphatic hydroxyl groups excluding tert-OH is 1. The van der Waals surface area contributed by atoms with Gasteiger partial charge in [-0.2, -0.15) is 0 Å². The van der Waals surface area contributed by atoms with Crippen LogP contribution in [0.15, 0.2) is 0 Å². The molecule has 2 heteroatoms. The highest BCUT2D eigenvalue weighted by atomic mass is 16.5. The van der Waals surface area contributed by atoms with Gasteiger partial charge >= 0.3 is 0 Å². The zero-order valence-electron chi connectivity index (χ0n) is 8.57. The summed E-state index contributed by atoms with van der Waals surface area (Å²) in [4.78, 5) is 0. The molecule has 0 aromatic rings. The summed E-state index contributed by atoms with van der Waals surface area (Å²) in [5, 5.41) is 9.81. The Morgan fingerprint density at radius 3 is 2.77 bits per heavy atom. The predicted molar refractivity (Wildman–Crippen MR) is 51.5 cm³/mol. The summed E-state index contributed by atoms with van der Waals surface area (Å²) in [6.45, 7) is 4.42. The molecule has 0 radical (unpaired) electrons. The van der Waals surface area contributed by atoms with Crippen LogP contribution in [0.4, 0.5) is 0 Å². The van der Waals surface area contributed by atoms with Gasteiger partial charge in [0.05, 0.1) is 18.3 Å². The Balaban J connectivity index is 2.08. The molecule has 2 nitrogen and oxygen atoms in total. The highest BCUT2D eigenvalue weighted by Gasteiger charge is 2.40. The van der Waals surface area contributed by atoms with Gasteiger partial charge in [-0.05, 0) is 38.0 Å². The number of rotatable bonds is 0. The average Bonchev–Trinajstić information content (AvgIpc) is 2.07. The first-order valence-electron chi connectivity index (χ1n) is 5.52. The molecule has 2 rings (SSSR count). The van der Waals surface area contributed by atoms with Crippen molar-refractivity contribution in [2.75, 3.05) is 0 Å². The summed E-state index contributed by atoms with van der Waals surface area (Å²) >= 11 is 0. The molecule has 2 fully saturated rings. The summed E-state index contributed by atoms with van der Waals surface area (Å²) in [5.41, 5.74) is 0. The van der Waals surface area contributed by atoms with E-state index in [9.17, 15) is 5.11 Å². The molecule has 13 heavy (non-hydrogen) atoms. The lowest BCUT2D eigenvalue weighted by molar-refractivity contribution is -0.162. The second kappa shape index (κ2) is 3.58. The van der Waals surface area contributed by atoms with Crippen molar-refractivity contribution in [2.45, 2.75) is 57.8 Å². The Morgan fingerprint density at radius 2 is 2.00 bits per heavy atom. The molecule has 1 saturated heterocycles. The summed E-state index contributed by atoms with van der Waals surface area (Å²) in [5.74, 6) is 1.34. The van der Waals surface area contributed by atoms with Crippen molar-refractivity contribution >= 4 is 0 Å². The summed E-state index contributed by atoms with van der Waals surface area (Å²) in [6.07, 6.45) is 4.77. The van der Waals surface area contributed by atoms with Crippen LogP contribution in [-0.2, 0) is 4.74 Å². The first kappa shape index (κ1) is 9.47. The fourth-order valence-electron chi connectivity index (χ4n) is 3.00. The number of hydrogen-bond acceptors (Lipinski definition) is 2. The smallest absolute Gasteiger partial charge is 0.0868 e. The van der Waals surface area contributed by atoms with E-state index in [0.717, 1.165) is 18.8 Å². The van der Waals surface area contributed by atoms with E-state index >= 15 is 0 Å².